The van der Waals surface area contributed by atoms with Crippen LogP contribution in [0, 0.1) is 12.8 Å². The molecule has 0 bridgehead atoms. The Hall–Kier alpha value is -2.41. The van der Waals surface area contributed by atoms with Gasteiger partial charge in [-0.15, -0.1) is 0 Å². The Bertz CT molecular complexity index is 742. The number of hydrogen-bond acceptors (Lipinski definition) is 5. The standard InChI is InChI=1S/C20H27N5O/c1-12(2)14-6-10-15(11-7-14)22-19-17(18(21)24-25-19)20(26)23-16-8-4-13(3)5-9-16/h4-12,17-19,22,24-25H,21H2,1-3H3,(H,23,26). The van der Waals surface area contributed by atoms with Crippen LogP contribution >= 0.6 is 0 Å². The minimum Gasteiger partial charge on any atom is -0.368 e. The third kappa shape index (κ3) is 4.22. The SMILES string of the molecule is Cc1ccc(NC(=O)C2C(N)NNC2Nc2ccc(C(C)C)cc2)cc1. The summed E-state index contributed by atoms with van der Waals surface area (Å²) < 4.78 is 0. The Morgan fingerprint density at radius 2 is 1.62 bits per heavy atom. The second-order valence-electron chi connectivity index (χ2n) is 7.09. The van der Waals surface area contributed by atoms with Crippen LogP contribution in [0.1, 0.15) is 30.9 Å². The minimum absolute atomic E-state index is 0.129. The largest absolute Gasteiger partial charge is 0.368 e. The highest BCUT2D eigenvalue weighted by molar-refractivity contribution is 5.94. The summed E-state index contributed by atoms with van der Waals surface area (Å²) in [5, 5.41) is 6.29. The summed E-state index contributed by atoms with van der Waals surface area (Å²) in [5.41, 5.74) is 16.2. The van der Waals surface area contributed by atoms with Crippen molar-refractivity contribution in [1.29, 1.82) is 0 Å². The van der Waals surface area contributed by atoms with Crippen molar-refractivity contribution in [3.8, 4) is 0 Å². The van der Waals surface area contributed by atoms with E-state index in [0.29, 0.717) is 5.92 Å². The molecule has 0 spiro atoms. The first kappa shape index (κ1) is 18.4. The molecule has 6 N–H and O–H groups in total. The van der Waals surface area contributed by atoms with E-state index >= 15 is 0 Å². The number of hydrazine groups is 1. The Morgan fingerprint density at radius 3 is 2.23 bits per heavy atom. The Kier molecular flexibility index (Phi) is 5.56. The Labute approximate surface area is 154 Å². The van der Waals surface area contributed by atoms with Gasteiger partial charge in [0.15, 0.2) is 0 Å². The molecule has 1 aliphatic rings. The van der Waals surface area contributed by atoms with Crippen LogP contribution in [0.3, 0.4) is 0 Å². The summed E-state index contributed by atoms with van der Waals surface area (Å²) in [7, 11) is 0. The predicted octanol–water partition coefficient (Wildman–Crippen LogP) is 2.50. The second-order valence-corrected chi connectivity index (χ2v) is 7.09. The predicted molar refractivity (Wildman–Crippen MR) is 105 cm³/mol. The Morgan fingerprint density at radius 1 is 1.00 bits per heavy atom. The summed E-state index contributed by atoms with van der Waals surface area (Å²) in [5.74, 6) is -0.104. The highest BCUT2D eigenvalue weighted by Crippen LogP contribution is 2.21. The van der Waals surface area contributed by atoms with E-state index in [-0.39, 0.29) is 12.1 Å². The van der Waals surface area contributed by atoms with E-state index in [0.717, 1.165) is 16.9 Å². The molecule has 1 fully saturated rings. The van der Waals surface area contributed by atoms with Gasteiger partial charge in [0.2, 0.25) is 5.91 Å². The fourth-order valence-corrected chi connectivity index (χ4v) is 3.02. The number of anilines is 2. The van der Waals surface area contributed by atoms with Crippen LogP contribution in [0.25, 0.3) is 0 Å². The molecule has 26 heavy (non-hydrogen) atoms. The average Bonchev–Trinajstić information content (AvgIpc) is 2.98. The van der Waals surface area contributed by atoms with E-state index < -0.39 is 12.1 Å². The molecule has 1 heterocycles. The number of rotatable bonds is 5. The van der Waals surface area contributed by atoms with Gasteiger partial charge in [0, 0.05) is 11.4 Å². The normalized spacial score (nSPS) is 22.4. The van der Waals surface area contributed by atoms with E-state index in [1.165, 1.54) is 5.56 Å². The lowest BCUT2D eigenvalue weighted by Crippen LogP contribution is -2.45. The molecule has 1 aliphatic heterocycles. The first-order valence-corrected chi connectivity index (χ1v) is 8.94. The number of carbonyl (C=O) groups is 1. The molecule has 3 atom stereocenters. The number of aryl methyl sites for hydroxylation is 1. The van der Waals surface area contributed by atoms with Crippen molar-refractivity contribution < 1.29 is 4.79 Å². The molecule has 2 aromatic carbocycles. The number of hydrogen-bond donors (Lipinski definition) is 5. The molecule has 6 nitrogen and oxygen atoms in total. The van der Waals surface area contributed by atoms with Gasteiger partial charge in [0.25, 0.3) is 0 Å². The third-order valence-corrected chi connectivity index (χ3v) is 4.67. The minimum atomic E-state index is -0.479. The van der Waals surface area contributed by atoms with Gasteiger partial charge in [-0.3, -0.25) is 4.79 Å². The smallest absolute Gasteiger partial charge is 0.233 e. The molecule has 0 radical (unpaired) electrons. The van der Waals surface area contributed by atoms with Gasteiger partial charge in [0.1, 0.15) is 12.1 Å². The lowest BCUT2D eigenvalue weighted by atomic mass is 10.0. The topological polar surface area (TPSA) is 91.2 Å². The van der Waals surface area contributed by atoms with E-state index in [1.807, 2.05) is 43.3 Å². The summed E-state index contributed by atoms with van der Waals surface area (Å²) in [6.07, 6.45) is -0.784. The van der Waals surface area contributed by atoms with Gasteiger partial charge in [-0.25, -0.2) is 10.9 Å². The van der Waals surface area contributed by atoms with Crippen LogP contribution in [-0.2, 0) is 4.79 Å². The molecule has 0 aliphatic carbocycles. The van der Waals surface area contributed by atoms with Gasteiger partial charge in [-0.05, 0) is 42.7 Å². The van der Waals surface area contributed by atoms with E-state index in [9.17, 15) is 4.79 Å². The van der Waals surface area contributed by atoms with Crippen molar-refractivity contribution in [3.05, 3.63) is 59.7 Å². The Balaban J connectivity index is 1.68. The lowest BCUT2D eigenvalue weighted by Gasteiger charge is -2.22. The first-order valence-electron chi connectivity index (χ1n) is 8.94. The number of nitrogens with one attached hydrogen (secondary N) is 4. The molecular weight excluding hydrogens is 326 g/mol. The van der Waals surface area contributed by atoms with E-state index in [1.54, 1.807) is 0 Å². The molecule has 1 saturated heterocycles. The van der Waals surface area contributed by atoms with E-state index in [4.69, 9.17) is 5.73 Å². The zero-order valence-corrected chi connectivity index (χ0v) is 15.4. The molecule has 138 valence electrons. The highest BCUT2D eigenvalue weighted by atomic mass is 16.2. The maximum Gasteiger partial charge on any atom is 0.233 e. The van der Waals surface area contributed by atoms with Crippen molar-refractivity contribution in [2.75, 3.05) is 10.6 Å². The molecular formula is C20H27N5O. The van der Waals surface area contributed by atoms with Gasteiger partial charge < -0.3 is 16.4 Å². The zero-order chi connectivity index (χ0) is 18.7. The van der Waals surface area contributed by atoms with Crippen molar-refractivity contribution in [2.24, 2.45) is 11.7 Å². The summed E-state index contributed by atoms with van der Waals surface area (Å²) in [6.45, 7) is 6.33. The number of nitrogens with two attached hydrogens (primary N) is 1. The van der Waals surface area contributed by atoms with Crippen molar-refractivity contribution in [2.45, 2.75) is 39.0 Å². The van der Waals surface area contributed by atoms with Crippen LogP contribution in [0.2, 0.25) is 0 Å². The second kappa shape index (κ2) is 7.86. The maximum absolute atomic E-state index is 12.7. The summed E-state index contributed by atoms with van der Waals surface area (Å²) in [6, 6.07) is 15.9. The van der Waals surface area contributed by atoms with E-state index in [2.05, 4.69) is 47.5 Å². The average molecular weight is 353 g/mol. The number of amides is 1. The van der Waals surface area contributed by atoms with Crippen LogP contribution in [-0.4, -0.2) is 18.2 Å². The number of carbonyl (C=O) groups excluding carboxylic acids is 1. The van der Waals surface area contributed by atoms with Crippen LogP contribution < -0.4 is 27.2 Å². The van der Waals surface area contributed by atoms with Gasteiger partial charge in [-0.1, -0.05) is 43.7 Å². The van der Waals surface area contributed by atoms with Crippen molar-refractivity contribution in [1.82, 2.24) is 10.9 Å². The molecule has 3 rings (SSSR count). The van der Waals surface area contributed by atoms with Crippen LogP contribution in [0.15, 0.2) is 48.5 Å². The zero-order valence-electron chi connectivity index (χ0n) is 15.4. The summed E-state index contributed by atoms with van der Waals surface area (Å²) in [4.78, 5) is 12.7. The molecule has 3 unspecified atom stereocenters. The molecule has 1 amide bonds. The molecule has 6 heteroatoms. The van der Waals surface area contributed by atoms with Crippen molar-refractivity contribution in [3.63, 3.8) is 0 Å². The quantitative estimate of drug-likeness (QED) is 0.570. The number of benzene rings is 2. The van der Waals surface area contributed by atoms with Gasteiger partial charge in [-0.2, -0.15) is 0 Å². The lowest BCUT2D eigenvalue weighted by molar-refractivity contribution is -0.120. The molecule has 0 saturated carbocycles. The van der Waals surface area contributed by atoms with Gasteiger partial charge >= 0.3 is 0 Å². The van der Waals surface area contributed by atoms with Crippen LogP contribution in [0.4, 0.5) is 11.4 Å². The molecule has 0 aromatic heterocycles. The molecule has 2 aromatic rings. The van der Waals surface area contributed by atoms with Gasteiger partial charge in [0.05, 0.1) is 6.17 Å². The first-order chi connectivity index (χ1) is 12.4. The summed E-state index contributed by atoms with van der Waals surface area (Å²) >= 11 is 0. The van der Waals surface area contributed by atoms with Crippen molar-refractivity contribution >= 4 is 17.3 Å². The maximum atomic E-state index is 12.7. The fraction of sp³-hybridized carbons (Fsp3) is 0.350. The monoisotopic (exact) mass is 353 g/mol. The highest BCUT2D eigenvalue weighted by Gasteiger charge is 2.39. The third-order valence-electron chi connectivity index (χ3n) is 4.67. The van der Waals surface area contributed by atoms with Crippen LogP contribution in [0.5, 0.6) is 0 Å². The fourth-order valence-electron chi connectivity index (χ4n) is 3.02.